The smallest absolute Gasteiger partial charge is 0.410 e. The number of hydrogen-bond acceptors (Lipinski definition) is 11. The fraction of sp³-hybridized carbons (Fsp3) is 0.432. The van der Waals surface area contributed by atoms with Gasteiger partial charge in [-0.1, -0.05) is 18.2 Å². The number of rotatable bonds is 12. The van der Waals surface area contributed by atoms with Gasteiger partial charge in [0.15, 0.2) is 0 Å². The van der Waals surface area contributed by atoms with Crippen molar-refractivity contribution in [3.8, 4) is 0 Å². The molecule has 286 valence electrons. The van der Waals surface area contributed by atoms with E-state index in [4.69, 9.17) is 18.9 Å². The molecule has 2 unspecified atom stereocenters. The van der Waals surface area contributed by atoms with E-state index in [-0.39, 0.29) is 50.8 Å². The van der Waals surface area contributed by atoms with Crippen molar-refractivity contribution in [2.24, 2.45) is 0 Å². The number of nitrogens with one attached hydrogen (secondary N) is 2. The Hall–Kier alpha value is -5.55. The molecule has 2 aromatic carbocycles. The van der Waals surface area contributed by atoms with E-state index >= 15 is 8.78 Å². The van der Waals surface area contributed by atoms with Crippen molar-refractivity contribution in [2.75, 3.05) is 88.7 Å². The number of morpholine rings is 2. The third-order valence-corrected chi connectivity index (χ3v) is 9.79. The van der Waals surface area contributed by atoms with Crippen LogP contribution in [0.3, 0.4) is 0 Å². The lowest BCUT2D eigenvalue weighted by Gasteiger charge is -2.29. The van der Waals surface area contributed by atoms with Gasteiger partial charge in [-0.25, -0.2) is 23.4 Å². The van der Waals surface area contributed by atoms with Crippen LogP contribution in [0.2, 0.25) is 0 Å². The van der Waals surface area contributed by atoms with Crippen LogP contribution in [-0.2, 0) is 32.0 Å². The van der Waals surface area contributed by atoms with E-state index in [2.05, 4.69) is 15.6 Å². The van der Waals surface area contributed by atoms with Gasteiger partial charge in [0.25, 0.3) is 11.8 Å². The van der Waals surface area contributed by atoms with Crippen molar-refractivity contribution in [1.82, 2.24) is 25.4 Å². The maximum atomic E-state index is 15.0. The first-order valence-corrected chi connectivity index (χ1v) is 17.9. The molecule has 7 rings (SSSR count). The molecule has 4 aliphatic rings. The van der Waals surface area contributed by atoms with Crippen molar-refractivity contribution >= 4 is 35.4 Å². The van der Waals surface area contributed by atoms with Crippen molar-refractivity contribution in [3.05, 3.63) is 88.7 Å². The number of anilines is 2. The summed E-state index contributed by atoms with van der Waals surface area (Å²) >= 11 is 0. The Morgan fingerprint density at radius 1 is 0.667 bits per heavy atom. The van der Waals surface area contributed by atoms with E-state index < -0.39 is 47.7 Å². The fourth-order valence-electron chi connectivity index (χ4n) is 6.81. The molecule has 4 fully saturated rings. The molecule has 5 heterocycles. The third kappa shape index (κ3) is 8.47. The van der Waals surface area contributed by atoms with Crippen LogP contribution in [0.25, 0.3) is 0 Å². The third-order valence-electron chi connectivity index (χ3n) is 9.79. The van der Waals surface area contributed by atoms with Gasteiger partial charge >= 0.3 is 12.2 Å². The summed E-state index contributed by atoms with van der Waals surface area (Å²) in [5, 5.41) is 5.50. The van der Waals surface area contributed by atoms with Gasteiger partial charge in [0.2, 0.25) is 0 Å². The minimum atomic E-state index is -0.578. The number of hydrogen-bond donors (Lipinski definition) is 2. The predicted octanol–water partition coefficient (Wildman–Crippen LogP) is 2.53. The maximum absolute atomic E-state index is 15.0. The number of ether oxygens (including phenoxy) is 4. The van der Waals surface area contributed by atoms with Crippen molar-refractivity contribution in [1.29, 1.82) is 0 Å². The molecule has 4 saturated heterocycles. The van der Waals surface area contributed by atoms with E-state index in [0.717, 1.165) is 0 Å². The monoisotopic (exact) mass is 749 g/mol. The van der Waals surface area contributed by atoms with Crippen molar-refractivity contribution in [2.45, 2.75) is 25.2 Å². The first-order valence-electron chi connectivity index (χ1n) is 17.9. The highest BCUT2D eigenvalue weighted by Gasteiger charge is 2.35. The molecule has 54 heavy (non-hydrogen) atoms. The number of halogens is 2. The van der Waals surface area contributed by atoms with Crippen LogP contribution in [0.15, 0.2) is 54.6 Å². The zero-order chi connectivity index (χ0) is 37.6. The van der Waals surface area contributed by atoms with Crippen LogP contribution in [0, 0.1) is 11.6 Å². The highest BCUT2D eigenvalue weighted by Crippen LogP contribution is 2.26. The molecule has 0 spiro atoms. The highest BCUT2D eigenvalue weighted by atomic mass is 19.1. The van der Waals surface area contributed by atoms with Crippen LogP contribution < -0.4 is 20.4 Å². The van der Waals surface area contributed by atoms with Gasteiger partial charge in [-0.05, 0) is 47.5 Å². The van der Waals surface area contributed by atoms with Crippen molar-refractivity contribution < 1.29 is 46.9 Å². The molecule has 4 aliphatic heterocycles. The first-order chi connectivity index (χ1) is 26.2. The number of benzene rings is 2. The van der Waals surface area contributed by atoms with E-state index in [1.54, 1.807) is 24.3 Å². The summed E-state index contributed by atoms with van der Waals surface area (Å²) in [5.74, 6) is -1.94. The summed E-state index contributed by atoms with van der Waals surface area (Å²) in [6, 6.07) is 13.1. The fourth-order valence-corrected chi connectivity index (χ4v) is 6.81. The number of cyclic esters (lactones) is 2. The summed E-state index contributed by atoms with van der Waals surface area (Å²) in [7, 11) is 0. The molecule has 4 amide bonds. The second kappa shape index (κ2) is 16.6. The van der Waals surface area contributed by atoms with E-state index in [0.29, 0.717) is 75.1 Å². The molecule has 0 aliphatic carbocycles. The van der Waals surface area contributed by atoms with Crippen molar-refractivity contribution in [3.63, 3.8) is 0 Å². The molecule has 17 heteroatoms. The van der Waals surface area contributed by atoms with Gasteiger partial charge in [-0.3, -0.25) is 19.4 Å². The maximum Gasteiger partial charge on any atom is 0.410 e. The molecule has 3 aromatic rings. The van der Waals surface area contributed by atoms with Gasteiger partial charge < -0.3 is 39.4 Å². The standard InChI is InChI=1S/C37H41F2N7O8/c38-28-16-24(4-6-32(28)43-8-12-51-13-9-43)20-45-26(22-53-36(45)49)18-40-34(47)30-2-1-3-31(42-30)35(48)41-19-27-23-54-37(50)46(27)21-25-5-7-33(29(39)17-25)44-10-14-52-15-11-44/h1-7,16-17,26-27H,8-15,18-23H2,(H,40,47)(H,41,48). The summed E-state index contributed by atoms with van der Waals surface area (Å²) in [4.78, 5) is 62.2. The Morgan fingerprint density at radius 2 is 1.09 bits per heavy atom. The second-order valence-corrected chi connectivity index (χ2v) is 13.3. The predicted molar refractivity (Wildman–Crippen MR) is 189 cm³/mol. The number of pyridine rings is 1. The Kier molecular flexibility index (Phi) is 11.3. The minimum absolute atomic E-state index is 0.0243. The average molecular weight is 750 g/mol. The first kappa shape index (κ1) is 36.8. The van der Waals surface area contributed by atoms with E-state index in [1.807, 2.05) is 9.80 Å². The van der Waals surface area contributed by atoms with E-state index in [1.165, 1.54) is 40.1 Å². The highest BCUT2D eigenvalue weighted by molar-refractivity contribution is 5.96. The number of amides is 4. The number of nitrogens with zero attached hydrogens (tertiary/aromatic N) is 5. The van der Waals surface area contributed by atoms with Gasteiger partial charge in [-0.2, -0.15) is 0 Å². The molecule has 1 aromatic heterocycles. The molecule has 15 nitrogen and oxygen atoms in total. The topological polar surface area (TPSA) is 155 Å². The number of carbonyl (C=O) groups is 4. The Morgan fingerprint density at radius 3 is 1.50 bits per heavy atom. The SMILES string of the molecule is O=C(NCC1COC(=O)N1Cc1ccc(N2CCOCC2)c(F)c1)c1cccc(C(=O)NCC2COC(=O)N2Cc2ccc(N3CCOCC3)c(F)c2)n1. The Bertz CT molecular complexity index is 1740. The molecule has 2 N–H and O–H groups in total. The summed E-state index contributed by atoms with van der Waals surface area (Å²) in [6.07, 6.45) is -1.16. The summed E-state index contributed by atoms with van der Waals surface area (Å²) in [5.41, 5.74) is 2.05. The lowest BCUT2D eigenvalue weighted by Crippen LogP contribution is -2.43. The average Bonchev–Trinajstić information content (AvgIpc) is 3.72. The lowest BCUT2D eigenvalue weighted by atomic mass is 10.1. The van der Waals surface area contributed by atoms with Gasteiger partial charge in [-0.15, -0.1) is 0 Å². The molecular weight excluding hydrogens is 708 g/mol. The molecule has 0 radical (unpaired) electrons. The lowest BCUT2D eigenvalue weighted by molar-refractivity contribution is 0.0932. The number of carbonyl (C=O) groups excluding carboxylic acids is 4. The van der Waals surface area contributed by atoms with Gasteiger partial charge in [0.1, 0.15) is 36.2 Å². The Labute approximate surface area is 310 Å². The minimum Gasteiger partial charge on any atom is -0.447 e. The van der Waals surface area contributed by atoms with Gasteiger partial charge in [0, 0.05) is 52.4 Å². The second-order valence-electron chi connectivity index (χ2n) is 13.3. The van der Waals surface area contributed by atoms with Crippen LogP contribution >= 0.6 is 0 Å². The zero-order valence-corrected chi connectivity index (χ0v) is 29.5. The van der Waals surface area contributed by atoms with Crippen LogP contribution in [0.4, 0.5) is 29.7 Å². The van der Waals surface area contributed by atoms with Gasteiger partial charge in [0.05, 0.1) is 49.9 Å². The number of aromatic nitrogens is 1. The summed E-state index contributed by atoms with van der Waals surface area (Å²) < 4.78 is 51.2. The summed E-state index contributed by atoms with van der Waals surface area (Å²) in [6.45, 7) is 4.75. The largest absolute Gasteiger partial charge is 0.447 e. The van der Waals surface area contributed by atoms with Crippen LogP contribution in [0.1, 0.15) is 32.1 Å². The van der Waals surface area contributed by atoms with E-state index in [9.17, 15) is 19.2 Å². The zero-order valence-electron chi connectivity index (χ0n) is 29.5. The molecular formula is C37H41F2N7O8. The van der Waals surface area contributed by atoms with Crippen LogP contribution in [0.5, 0.6) is 0 Å². The Balaban J connectivity index is 0.909. The molecule has 0 saturated carbocycles. The normalized spacial score (nSPS) is 20.2. The molecule has 0 bridgehead atoms. The van der Waals surface area contributed by atoms with Crippen LogP contribution in [-0.4, -0.2) is 130 Å². The quantitative estimate of drug-likeness (QED) is 0.281. The molecule has 2 atom stereocenters.